The largest absolute Gasteiger partial charge is 0.380 e. The number of nitrogens with one attached hydrogen (secondary N) is 1. The number of hydrogen-bond donors (Lipinski definition) is 1. The Morgan fingerprint density at radius 1 is 1.69 bits per heavy atom. The van der Waals surface area contributed by atoms with Crippen LogP contribution in [-0.2, 0) is 10.2 Å². The van der Waals surface area contributed by atoms with E-state index in [1.807, 2.05) is 0 Å². The average Bonchev–Trinajstić information content (AvgIpc) is 2.72. The van der Waals surface area contributed by atoms with Crippen molar-refractivity contribution in [1.82, 2.24) is 15.2 Å². The molecule has 2 rings (SSSR count). The van der Waals surface area contributed by atoms with Gasteiger partial charge in [-0.25, -0.2) is 4.98 Å². The Morgan fingerprint density at radius 2 is 2.54 bits per heavy atom. The highest BCUT2D eigenvalue weighted by Gasteiger charge is 2.34. The number of aromatic nitrogens is 3. The predicted octanol–water partition coefficient (Wildman–Crippen LogP) is 0.295. The van der Waals surface area contributed by atoms with Gasteiger partial charge in [-0.15, -0.1) is 0 Å². The molecule has 0 aliphatic carbocycles. The van der Waals surface area contributed by atoms with E-state index < -0.39 is 0 Å². The van der Waals surface area contributed by atoms with Crippen LogP contribution in [0.4, 0.5) is 0 Å². The van der Waals surface area contributed by atoms with Gasteiger partial charge in [0.1, 0.15) is 5.82 Å². The van der Waals surface area contributed by atoms with Gasteiger partial charge in [0.2, 0.25) is 5.82 Å². The Balaban J connectivity index is 2.28. The molecular formula is C8H11N3O2. The molecule has 5 heteroatoms. The molecule has 1 atom stereocenters. The zero-order valence-corrected chi connectivity index (χ0v) is 7.41. The fourth-order valence-electron chi connectivity index (χ4n) is 1.45. The van der Waals surface area contributed by atoms with Gasteiger partial charge in [0.15, 0.2) is 6.29 Å². The van der Waals surface area contributed by atoms with Crippen LogP contribution < -0.4 is 0 Å². The summed E-state index contributed by atoms with van der Waals surface area (Å²) in [5.74, 6) is 0.954. The molecule has 1 aromatic rings. The fraction of sp³-hybridized carbons (Fsp3) is 0.625. The molecular weight excluding hydrogens is 170 g/mol. The maximum Gasteiger partial charge on any atom is 0.214 e. The number of H-pyrrole nitrogens is 1. The SMILES string of the molecule is CC1(c2nc(C=O)n[nH]2)CCOC1. The molecule has 2 heterocycles. The molecule has 0 aromatic carbocycles. The first-order valence-electron chi connectivity index (χ1n) is 4.20. The predicted molar refractivity (Wildman–Crippen MR) is 44.6 cm³/mol. The summed E-state index contributed by atoms with van der Waals surface area (Å²) in [5.41, 5.74) is -0.103. The molecule has 0 spiro atoms. The van der Waals surface area contributed by atoms with Gasteiger partial charge in [-0.1, -0.05) is 6.92 Å². The lowest BCUT2D eigenvalue weighted by Gasteiger charge is -2.16. The number of carbonyl (C=O) groups excluding carboxylic acids is 1. The summed E-state index contributed by atoms with van der Waals surface area (Å²) in [6.45, 7) is 3.43. The molecule has 13 heavy (non-hydrogen) atoms. The molecule has 1 N–H and O–H groups in total. The van der Waals surface area contributed by atoms with Crippen LogP contribution in [0.2, 0.25) is 0 Å². The number of ether oxygens (including phenoxy) is 1. The molecule has 0 radical (unpaired) electrons. The van der Waals surface area contributed by atoms with Crippen LogP contribution >= 0.6 is 0 Å². The zero-order chi connectivity index (χ0) is 9.31. The van der Waals surface area contributed by atoms with E-state index >= 15 is 0 Å². The standard InChI is InChI=1S/C8H11N3O2/c1-8(2-3-13-5-8)7-9-6(4-12)10-11-7/h4H,2-3,5H2,1H3,(H,9,10,11). The molecule has 0 saturated carbocycles. The minimum absolute atomic E-state index is 0.103. The lowest BCUT2D eigenvalue weighted by molar-refractivity contribution is 0.111. The third-order valence-corrected chi connectivity index (χ3v) is 2.40. The van der Waals surface area contributed by atoms with E-state index in [9.17, 15) is 4.79 Å². The molecule has 70 valence electrons. The van der Waals surface area contributed by atoms with Crippen molar-refractivity contribution in [2.75, 3.05) is 13.2 Å². The highest BCUT2D eigenvalue weighted by molar-refractivity contribution is 5.68. The number of aromatic amines is 1. The zero-order valence-electron chi connectivity index (χ0n) is 7.41. The van der Waals surface area contributed by atoms with E-state index in [4.69, 9.17) is 4.74 Å². The summed E-state index contributed by atoms with van der Waals surface area (Å²) in [7, 11) is 0. The molecule has 5 nitrogen and oxygen atoms in total. The molecule has 1 aliphatic rings. The molecule has 1 saturated heterocycles. The summed E-state index contributed by atoms with van der Waals surface area (Å²) in [5, 5.41) is 6.53. The normalized spacial score (nSPS) is 27.8. The molecule has 1 aromatic heterocycles. The summed E-state index contributed by atoms with van der Waals surface area (Å²) in [4.78, 5) is 14.4. The molecule has 1 fully saturated rings. The topological polar surface area (TPSA) is 67.9 Å². The fourth-order valence-corrected chi connectivity index (χ4v) is 1.45. The van der Waals surface area contributed by atoms with Crippen molar-refractivity contribution in [2.45, 2.75) is 18.8 Å². The Bertz CT molecular complexity index is 315. The van der Waals surface area contributed by atoms with Crippen molar-refractivity contribution in [3.8, 4) is 0 Å². The minimum Gasteiger partial charge on any atom is -0.380 e. The highest BCUT2D eigenvalue weighted by atomic mass is 16.5. The van der Waals surface area contributed by atoms with Gasteiger partial charge in [-0.3, -0.25) is 9.89 Å². The maximum atomic E-state index is 10.4. The highest BCUT2D eigenvalue weighted by Crippen LogP contribution is 2.29. The third-order valence-electron chi connectivity index (χ3n) is 2.40. The van der Waals surface area contributed by atoms with Crippen LogP contribution in [0.15, 0.2) is 0 Å². The van der Waals surface area contributed by atoms with Crippen LogP contribution in [0, 0.1) is 0 Å². The summed E-state index contributed by atoms with van der Waals surface area (Å²) in [6.07, 6.45) is 1.56. The van der Waals surface area contributed by atoms with Crippen molar-refractivity contribution in [1.29, 1.82) is 0 Å². The average molecular weight is 181 g/mol. The van der Waals surface area contributed by atoms with Gasteiger partial charge < -0.3 is 4.74 Å². The van der Waals surface area contributed by atoms with Gasteiger partial charge in [-0.2, -0.15) is 5.10 Å². The number of aldehydes is 1. The van der Waals surface area contributed by atoms with Gasteiger partial charge >= 0.3 is 0 Å². The second-order valence-corrected chi connectivity index (χ2v) is 3.52. The number of nitrogens with zero attached hydrogens (tertiary/aromatic N) is 2. The third kappa shape index (κ3) is 1.35. The summed E-state index contributed by atoms with van der Waals surface area (Å²) < 4.78 is 5.28. The van der Waals surface area contributed by atoms with Gasteiger partial charge in [-0.05, 0) is 6.42 Å². The summed E-state index contributed by atoms with van der Waals surface area (Å²) in [6, 6.07) is 0. The van der Waals surface area contributed by atoms with E-state index in [-0.39, 0.29) is 11.2 Å². The minimum atomic E-state index is -0.103. The van der Waals surface area contributed by atoms with Gasteiger partial charge in [0.25, 0.3) is 0 Å². The summed E-state index contributed by atoms with van der Waals surface area (Å²) >= 11 is 0. The molecule has 1 unspecified atom stereocenters. The van der Waals surface area contributed by atoms with Crippen molar-refractivity contribution in [3.05, 3.63) is 11.6 Å². The first-order valence-corrected chi connectivity index (χ1v) is 4.20. The van der Waals surface area contributed by atoms with E-state index in [1.54, 1.807) is 0 Å². The van der Waals surface area contributed by atoms with Crippen molar-refractivity contribution < 1.29 is 9.53 Å². The van der Waals surface area contributed by atoms with Crippen LogP contribution in [0.5, 0.6) is 0 Å². The number of rotatable bonds is 2. The Labute approximate surface area is 75.5 Å². The Hall–Kier alpha value is -1.23. The molecule has 0 bridgehead atoms. The van der Waals surface area contributed by atoms with Crippen molar-refractivity contribution in [2.24, 2.45) is 0 Å². The van der Waals surface area contributed by atoms with E-state index in [1.165, 1.54) is 0 Å². The first-order chi connectivity index (χ1) is 6.24. The second kappa shape index (κ2) is 2.92. The van der Waals surface area contributed by atoms with E-state index in [2.05, 4.69) is 22.1 Å². The smallest absolute Gasteiger partial charge is 0.214 e. The maximum absolute atomic E-state index is 10.4. The van der Waals surface area contributed by atoms with Gasteiger partial charge in [0.05, 0.1) is 12.0 Å². The number of hydrogen-bond acceptors (Lipinski definition) is 4. The molecule has 1 aliphatic heterocycles. The van der Waals surface area contributed by atoms with E-state index in [0.29, 0.717) is 12.9 Å². The monoisotopic (exact) mass is 181 g/mol. The lowest BCUT2D eigenvalue weighted by atomic mass is 9.89. The Morgan fingerprint density at radius 3 is 3.08 bits per heavy atom. The van der Waals surface area contributed by atoms with Crippen LogP contribution in [0.1, 0.15) is 29.8 Å². The van der Waals surface area contributed by atoms with Crippen LogP contribution in [-0.4, -0.2) is 34.7 Å². The van der Waals surface area contributed by atoms with Crippen molar-refractivity contribution in [3.63, 3.8) is 0 Å². The number of carbonyl (C=O) groups is 1. The molecule has 0 amide bonds. The quantitative estimate of drug-likeness (QED) is 0.666. The van der Waals surface area contributed by atoms with Crippen molar-refractivity contribution >= 4 is 6.29 Å². The van der Waals surface area contributed by atoms with Crippen LogP contribution in [0.3, 0.4) is 0 Å². The lowest BCUT2D eigenvalue weighted by Crippen LogP contribution is -2.23. The Kier molecular flexibility index (Phi) is 1.88. The second-order valence-electron chi connectivity index (χ2n) is 3.52. The van der Waals surface area contributed by atoms with Gasteiger partial charge in [0, 0.05) is 6.61 Å². The van der Waals surface area contributed by atoms with E-state index in [0.717, 1.165) is 18.9 Å². The first kappa shape index (κ1) is 8.37. The van der Waals surface area contributed by atoms with Crippen LogP contribution in [0.25, 0.3) is 0 Å².